The van der Waals surface area contributed by atoms with Gasteiger partial charge >= 0.3 is 6.03 Å². The van der Waals surface area contributed by atoms with Gasteiger partial charge in [0.05, 0.1) is 5.69 Å². The molecule has 0 unspecified atom stereocenters. The summed E-state index contributed by atoms with van der Waals surface area (Å²) >= 11 is 6.12. The summed E-state index contributed by atoms with van der Waals surface area (Å²) in [6, 6.07) is 16.6. The van der Waals surface area contributed by atoms with E-state index in [4.69, 9.17) is 11.6 Å². The first-order valence-electron chi connectivity index (χ1n) is 10.2. The number of carbonyl (C=O) groups is 1. The quantitative estimate of drug-likeness (QED) is 0.629. The van der Waals surface area contributed by atoms with Crippen LogP contribution in [0.3, 0.4) is 0 Å². The minimum atomic E-state index is -0.339. The number of aryl methyl sites for hydroxylation is 1. The zero-order valence-corrected chi connectivity index (χ0v) is 18.4. The average Bonchev–Trinajstić information content (AvgIpc) is 2.77. The van der Waals surface area contributed by atoms with Gasteiger partial charge in [-0.25, -0.2) is 4.79 Å². The molecule has 2 heterocycles. The number of aromatic nitrogens is 2. The summed E-state index contributed by atoms with van der Waals surface area (Å²) in [5.74, 6) is 0.891. The molecule has 1 aliphatic rings. The number of rotatable bonds is 4. The SMILES string of the molecule is Cc1ccc(NC(=O)Nc2cccc(-c3ccc(N4CCN(C)CC4)nn3)c2)cc1Cl. The number of hydrogen-bond donors (Lipinski definition) is 2. The molecule has 0 spiro atoms. The third-order valence-corrected chi connectivity index (χ3v) is 5.73. The molecule has 4 rings (SSSR count). The van der Waals surface area contributed by atoms with Crippen molar-refractivity contribution in [3.8, 4) is 11.3 Å². The van der Waals surface area contributed by atoms with E-state index in [0.717, 1.165) is 48.8 Å². The number of nitrogens with one attached hydrogen (secondary N) is 2. The third kappa shape index (κ3) is 5.31. The summed E-state index contributed by atoms with van der Waals surface area (Å²) in [6.45, 7) is 5.86. The molecule has 2 aromatic carbocycles. The van der Waals surface area contributed by atoms with Gasteiger partial charge in [0.2, 0.25) is 0 Å². The van der Waals surface area contributed by atoms with E-state index >= 15 is 0 Å². The smallest absolute Gasteiger partial charge is 0.323 e. The fraction of sp³-hybridized carbons (Fsp3) is 0.261. The van der Waals surface area contributed by atoms with Crippen LogP contribution in [-0.4, -0.2) is 54.4 Å². The molecule has 1 saturated heterocycles. The highest BCUT2D eigenvalue weighted by Crippen LogP contribution is 2.23. The summed E-state index contributed by atoms with van der Waals surface area (Å²) < 4.78 is 0. The molecule has 0 atom stereocenters. The number of urea groups is 1. The van der Waals surface area contributed by atoms with Crippen molar-refractivity contribution in [3.05, 3.63) is 65.2 Å². The van der Waals surface area contributed by atoms with Crippen molar-refractivity contribution in [1.29, 1.82) is 0 Å². The first-order chi connectivity index (χ1) is 15.0. The molecule has 0 saturated carbocycles. The topological polar surface area (TPSA) is 73.4 Å². The van der Waals surface area contributed by atoms with Crippen molar-refractivity contribution < 1.29 is 4.79 Å². The average molecular weight is 437 g/mol. The lowest BCUT2D eigenvalue weighted by Crippen LogP contribution is -2.44. The van der Waals surface area contributed by atoms with E-state index in [1.54, 1.807) is 6.07 Å². The second-order valence-electron chi connectivity index (χ2n) is 7.69. The molecule has 2 amide bonds. The number of hydrogen-bond acceptors (Lipinski definition) is 5. The minimum Gasteiger partial charge on any atom is -0.353 e. The Hall–Kier alpha value is -3.16. The third-order valence-electron chi connectivity index (χ3n) is 5.32. The fourth-order valence-corrected chi connectivity index (χ4v) is 3.58. The van der Waals surface area contributed by atoms with Crippen molar-refractivity contribution in [3.63, 3.8) is 0 Å². The molecule has 1 aromatic heterocycles. The molecule has 3 aromatic rings. The Morgan fingerprint density at radius 2 is 1.68 bits per heavy atom. The van der Waals surface area contributed by atoms with Crippen LogP contribution < -0.4 is 15.5 Å². The summed E-state index contributed by atoms with van der Waals surface area (Å²) in [7, 11) is 2.13. The molecule has 8 heteroatoms. The van der Waals surface area contributed by atoms with Crippen LogP contribution in [0, 0.1) is 6.92 Å². The Morgan fingerprint density at radius 3 is 2.35 bits per heavy atom. The Balaban J connectivity index is 1.41. The van der Waals surface area contributed by atoms with Crippen LogP contribution in [0.5, 0.6) is 0 Å². The van der Waals surface area contributed by atoms with Crippen LogP contribution in [0.2, 0.25) is 5.02 Å². The van der Waals surface area contributed by atoms with E-state index in [0.29, 0.717) is 16.4 Å². The Labute approximate surface area is 187 Å². The van der Waals surface area contributed by atoms with Gasteiger partial charge in [-0.2, -0.15) is 0 Å². The number of amides is 2. The number of likely N-dealkylation sites (N-methyl/N-ethyl adjacent to an activating group) is 1. The Bertz CT molecular complexity index is 1060. The highest BCUT2D eigenvalue weighted by Gasteiger charge is 2.16. The largest absolute Gasteiger partial charge is 0.353 e. The molecule has 0 aliphatic carbocycles. The maximum absolute atomic E-state index is 12.4. The van der Waals surface area contributed by atoms with Crippen LogP contribution in [0.4, 0.5) is 22.0 Å². The maximum atomic E-state index is 12.4. The van der Waals surface area contributed by atoms with Gasteiger partial charge < -0.3 is 20.4 Å². The van der Waals surface area contributed by atoms with Crippen LogP contribution in [0.1, 0.15) is 5.56 Å². The molecule has 1 aliphatic heterocycles. The molecule has 0 radical (unpaired) electrons. The molecule has 31 heavy (non-hydrogen) atoms. The number of nitrogens with zero attached hydrogens (tertiary/aromatic N) is 4. The molecule has 160 valence electrons. The monoisotopic (exact) mass is 436 g/mol. The lowest BCUT2D eigenvalue weighted by atomic mass is 10.1. The maximum Gasteiger partial charge on any atom is 0.323 e. The fourth-order valence-electron chi connectivity index (χ4n) is 3.40. The zero-order chi connectivity index (χ0) is 21.8. The van der Waals surface area contributed by atoms with E-state index < -0.39 is 0 Å². The number of piperazine rings is 1. The van der Waals surface area contributed by atoms with Gasteiger partial charge in [0.1, 0.15) is 0 Å². The number of carbonyl (C=O) groups excluding carboxylic acids is 1. The van der Waals surface area contributed by atoms with E-state index in [1.165, 1.54) is 0 Å². The predicted octanol–water partition coefficient (Wildman–Crippen LogP) is 4.50. The van der Waals surface area contributed by atoms with E-state index in [2.05, 4.69) is 37.7 Å². The van der Waals surface area contributed by atoms with Gasteiger partial charge in [-0.3, -0.25) is 0 Å². The van der Waals surface area contributed by atoms with Gasteiger partial charge in [0.25, 0.3) is 0 Å². The van der Waals surface area contributed by atoms with E-state index in [-0.39, 0.29) is 6.03 Å². The number of anilines is 3. The highest BCUT2D eigenvalue weighted by molar-refractivity contribution is 6.31. The predicted molar refractivity (Wildman–Crippen MR) is 126 cm³/mol. The lowest BCUT2D eigenvalue weighted by molar-refractivity contribution is 0.262. The van der Waals surface area contributed by atoms with E-state index in [1.807, 2.05) is 55.5 Å². The minimum absolute atomic E-state index is 0.339. The van der Waals surface area contributed by atoms with Crippen LogP contribution in [0.25, 0.3) is 11.3 Å². The first-order valence-corrected chi connectivity index (χ1v) is 10.6. The van der Waals surface area contributed by atoms with Gasteiger partial charge in [0.15, 0.2) is 5.82 Å². The van der Waals surface area contributed by atoms with Crippen LogP contribution in [0.15, 0.2) is 54.6 Å². The normalized spacial score (nSPS) is 14.4. The Kier molecular flexibility index (Phi) is 6.34. The first kappa shape index (κ1) is 21.1. The summed E-state index contributed by atoms with van der Waals surface area (Å²) in [5, 5.41) is 15.1. The van der Waals surface area contributed by atoms with Gasteiger partial charge in [-0.05, 0) is 55.9 Å². The molecule has 1 fully saturated rings. The van der Waals surface area contributed by atoms with Crippen molar-refractivity contribution in [2.45, 2.75) is 6.92 Å². The Morgan fingerprint density at radius 1 is 0.935 bits per heavy atom. The standard InChI is InChI=1S/C23H25ClN6O/c1-16-6-7-19(15-20(16)24)26-23(31)25-18-5-3-4-17(14-18)21-8-9-22(28-27-21)30-12-10-29(2)11-13-30/h3-9,14-15H,10-13H2,1-2H3,(H2,25,26,31). The second-order valence-corrected chi connectivity index (χ2v) is 8.10. The van der Waals surface area contributed by atoms with Crippen molar-refractivity contribution in [2.75, 3.05) is 48.8 Å². The molecular weight excluding hydrogens is 412 g/mol. The summed E-state index contributed by atoms with van der Waals surface area (Å²) in [5.41, 5.74) is 3.90. The van der Waals surface area contributed by atoms with E-state index in [9.17, 15) is 4.79 Å². The number of halogens is 1. The number of benzene rings is 2. The van der Waals surface area contributed by atoms with Crippen molar-refractivity contribution >= 4 is 34.8 Å². The zero-order valence-electron chi connectivity index (χ0n) is 17.6. The lowest BCUT2D eigenvalue weighted by Gasteiger charge is -2.32. The molecule has 7 nitrogen and oxygen atoms in total. The van der Waals surface area contributed by atoms with Crippen molar-refractivity contribution in [2.24, 2.45) is 0 Å². The summed E-state index contributed by atoms with van der Waals surface area (Å²) in [6.07, 6.45) is 0. The van der Waals surface area contributed by atoms with Gasteiger partial charge in [-0.15, -0.1) is 10.2 Å². The van der Waals surface area contributed by atoms with Gasteiger partial charge in [0, 0.05) is 48.1 Å². The molecular formula is C23H25ClN6O. The van der Waals surface area contributed by atoms with Crippen LogP contribution in [-0.2, 0) is 0 Å². The summed E-state index contributed by atoms with van der Waals surface area (Å²) in [4.78, 5) is 16.9. The van der Waals surface area contributed by atoms with Crippen LogP contribution >= 0.6 is 11.6 Å². The van der Waals surface area contributed by atoms with Gasteiger partial charge in [-0.1, -0.05) is 29.8 Å². The molecule has 2 N–H and O–H groups in total. The highest BCUT2D eigenvalue weighted by atomic mass is 35.5. The van der Waals surface area contributed by atoms with Crippen molar-refractivity contribution in [1.82, 2.24) is 15.1 Å². The molecule has 0 bridgehead atoms. The second kappa shape index (κ2) is 9.32.